The number of hydrogen-bond acceptors (Lipinski definition) is 3. The third-order valence-corrected chi connectivity index (χ3v) is 5.96. The van der Waals surface area contributed by atoms with Crippen molar-refractivity contribution in [2.24, 2.45) is 5.73 Å². The third kappa shape index (κ3) is 3.04. The molecule has 2 aliphatic rings. The maximum Gasteiger partial charge on any atom is 0.233 e. The molecule has 2 saturated heterocycles. The number of benzene rings is 2. The van der Waals surface area contributed by atoms with Crippen molar-refractivity contribution in [2.75, 3.05) is 26.3 Å². The van der Waals surface area contributed by atoms with Crippen LogP contribution in [0.2, 0.25) is 0 Å². The summed E-state index contributed by atoms with van der Waals surface area (Å²) in [5, 5.41) is 0. The van der Waals surface area contributed by atoms with Gasteiger partial charge in [0.25, 0.3) is 0 Å². The Labute approximate surface area is 155 Å². The molecular weight excluding hydrogens is 324 g/mol. The van der Waals surface area contributed by atoms with Crippen LogP contribution in [-0.2, 0) is 14.9 Å². The van der Waals surface area contributed by atoms with Crippen molar-refractivity contribution in [3.05, 3.63) is 71.8 Å². The van der Waals surface area contributed by atoms with Crippen LogP contribution in [-0.4, -0.2) is 43.2 Å². The maximum absolute atomic E-state index is 13.7. The Hall–Kier alpha value is -2.17. The van der Waals surface area contributed by atoms with Crippen LogP contribution in [0.15, 0.2) is 60.7 Å². The number of likely N-dealkylation sites (tertiary alicyclic amines) is 1. The highest BCUT2D eigenvalue weighted by molar-refractivity contribution is 5.89. The van der Waals surface area contributed by atoms with Crippen molar-refractivity contribution in [3.8, 4) is 0 Å². The summed E-state index contributed by atoms with van der Waals surface area (Å²) in [6.45, 7) is 2.57. The minimum absolute atomic E-state index is 0.0194. The Morgan fingerprint density at radius 2 is 1.58 bits per heavy atom. The van der Waals surface area contributed by atoms with Crippen LogP contribution in [0.4, 0.5) is 0 Å². The Morgan fingerprint density at radius 3 is 2.23 bits per heavy atom. The minimum atomic E-state index is -0.481. The SMILES string of the molecule is N[C@@H]1CN(C(=O)C2(c3ccccc3)CCOCC2)C[C@H]1c1ccccc1. The van der Waals surface area contributed by atoms with E-state index in [1.807, 2.05) is 41.3 Å². The molecule has 4 nitrogen and oxygen atoms in total. The van der Waals surface area contributed by atoms with Gasteiger partial charge in [-0.25, -0.2) is 0 Å². The minimum Gasteiger partial charge on any atom is -0.381 e. The smallest absolute Gasteiger partial charge is 0.233 e. The third-order valence-electron chi connectivity index (χ3n) is 5.96. The molecule has 4 rings (SSSR count). The van der Waals surface area contributed by atoms with E-state index in [9.17, 15) is 4.79 Å². The number of nitrogens with two attached hydrogens (primary N) is 1. The number of carbonyl (C=O) groups excluding carboxylic acids is 1. The zero-order valence-corrected chi connectivity index (χ0v) is 15.0. The van der Waals surface area contributed by atoms with Crippen LogP contribution in [0.1, 0.15) is 29.9 Å². The molecule has 1 amide bonds. The van der Waals surface area contributed by atoms with E-state index in [4.69, 9.17) is 10.5 Å². The summed E-state index contributed by atoms with van der Waals surface area (Å²) in [6, 6.07) is 20.5. The standard InChI is InChI=1S/C22H26N2O2/c23-20-16-24(15-19(20)17-7-3-1-4-8-17)21(25)22(11-13-26-14-12-22)18-9-5-2-6-10-18/h1-10,19-20H,11-16,23H2/t19-,20+/m0/s1. The molecule has 136 valence electrons. The van der Waals surface area contributed by atoms with E-state index >= 15 is 0 Å². The van der Waals surface area contributed by atoms with Crippen LogP contribution in [0, 0.1) is 0 Å². The number of carbonyl (C=O) groups is 1. The monoisotopic (exact) mass is 350 g/mol. The van der Waals surface area contributed by atoms with E-state index < -0.39 is 5.41 Å². The summed E-state index contributed by atoms with van der Waals surface area (Å²) in [5.41, 5.74) is 8.27. The van der Waals surface area contributed by atoms with Gasteiger partial charge in [-0.2, -0.15) is 0 Å². The molecule has 0 aromatic heterocycles. The summed E-state index contributed by atoms with van der Waals surface area (Å²) in [7, 11) is 0. The Balaban J connectivity index is 1.61. The molecular formula is C22H26N2O2. The lowest BCUT2D eigenvalue weighted by Gasteiger charge is -2.39. The number of amides is 1. The lowest BCUT2D eigenvalue weighted by Crippen LogP contribution is -2.49. The van der Waals surface area contributed by atoms with Gasteiger partial charge in [0.05, 0.1) is 5.41 Å². The van der Waals surface area contributed by atoms with Crippen molar-refractivity contribution in [1.29, 1.82) is 0 Å². The lowest BCUT2D eigenvalue weighted by molar-refractivity contribution is -0.140. The van der Waals surface area contributed by atoms with Gasteiger partial charge in [0, 0.05) is 38.3 Å². The zero-order valence-electron chi connectivity index (χ0n) is 15.0. The number of ether oxygens (including phenoxy) is 1. The molecule has 2 aliphatic heterocycles. The van der Waals surface area contributed by atoms with Crippen molar-refractivity contribution in [1.82, 2.24) is 4.90 Å². The van der Waals surface area contributed by atoms with E-state index in [1.54, 1.807) is 0 Å². The Kier molecular flexibility index (Phi) is 4.79. The Morgan fingerprint density at radius 1 is 0.962 bits per heavy atom. The highest BCUT2D eigenvalue weighted by Crippen LogP contribution is 2.39. The largest absolute Gasteiger partial charge is 0.381 e. The second-order valence-electron chi connectivity index (χ2n) is 7.45. The van der Waals surface area contributed by atoms with Gasteiger partial charge in [0.1, 0.15) is 0 Å². The normalized spacial score (nSPS) is 25.2. The van der Waals surface area contributed by atoms with E-state index in [2.05, 4.69) is 24.3 Å². The molecule has 2 fully saturated rings. The number of hydrogen-bond donors (Lipinski definition) is 1. The molecule has 2 N–H and O–H groups in total. The lowest BCUT2D eigenvalue weighted by atomic mass is 9.73. The van der Waals surface area contributed by atoms with Gasteiger partial charge in [0.15, 0.2) is 0 Å². The summed E-state index contributed by atoms with van der Waals surface area (Å²) >= 11 is 0. The summed E-state index contributed by atoms with van der Waals surface area (Å²) in [6.07, 6.45) is 1.47. The molecule has 0 unspecified atom stereocenters. The van der Waals surface area contributed by atoms with Gasteiger partial charge < -0.3 is 15.4 Å². The van der Waals surface area contributed by atoms with Gasteiger partial charge in [-0.15, -0.1) is 0 Å². The van der Waals surface area contributed by atoms with Crippen LogP contribution < -0.4 is 5.73 Å². The van der Waals surface area contributed by atoms with E-state index in [0.717, 1.165) is 18.4 Å². The fraction of sp³-hybridized carbons (Fsp3) is 0.409. The second kappa shape index (κ2) is 7.22. The molecule has 2 atom stereocenters. The van der Waals surface area contributed by atoms with Crippen molar-refractivity contribution in [2.45, 2.75) is 30.2 Å². The van der Waals surface area contributed by atoms with Gasteiger partial charge in [0.2, 0.25) is 5.91 Å². The molecule has 2 aromatic carbocycles. The van der Waals surface area contributed by atoms with Crippen molar-refractivity contribution in [3.63, 3.8) is 0 Å². The second-order valence-corrected chi connectivity index (χ2v) is 7.45. The topological polar surface area (TPSA) is 55.6 Å². The fourth-order valence-electron chi connectivity index (χ4n) is 4.45. The first-order valence-corrected chi connectivity index (χ1v) is 9.44. The van der Waals surface area contributed by atoms with Crippen LogP contribution in [0.25, 0.3) is 0 Å². The molecule has 0 bridgehead atoms. The molecule has 2 aromatic rings. The van der Waals surface area contributed by atoms with Crippen LogP contribution in [0.5, 0.6) is 0 Å². The average Bonchev–Trinajstić information content (AvgIpc) is 3.11. The van der Waals surface area contributed by atoms with Crippen LogP contribution in [0.3, 0.4) is 0 Å². The molecule has 4 heteroatoms. The molecule has 0 aliphatic carbocycles. The van der Waals surface area contributed by atoms with Crippen molar-refractivity contribution >= 4 is 5.91 Å². The average molecular weight is 350 g/mol. The van der Waals surface area contributed by atoms with Gasteiger partial charge in [-0.3, -0.25) is 4.79 Å². The van der Waals surface area contributed by atoms with E-state index in [1.165, 1.54) is 5.56 Å². The van der Waals surface area contributed by atoms with Gasteiger partial charge in [-0.1, -0.05) is 60.7 Å². The van der Waals surface area contributed by atoms with Gasteiger partial charge in [-0.05, 0) is 24.0 Å². The Bertz CT molecular complexity index is 741. The highest BCUT2D eigenvalue weighted by Gasteiger charge is 2.46. The van der Waals surface area contributed by atoms with Crippen LogP contribution >= 0.6 is 0 Å². The predicted octanol–water partition coefficient (Wildman–Crippen LogP) is 2.69. The first-order chi connectivity index (χ1) is 12.7. The quantitative estimate of drug-likeness (QED) is 0.926. The summed E-state index contributed by atoms with van der Waals surface area (Å²) in [4.78, 5) is 15.6. The molecule has 0 saturated carbocycles. The van der Waals surface area contributed by atoms with Crippen molar-refractivity contribution < 1.29 is 9.53 Å². The zero-order chi connectivity index (χ0) is 18.0. The summed E-state index contributed by atoms with van der Waals surface area (Å²) < 4.78 is 5.58. The predicted molar refractivity (Wildman–Crippen MR) is 102 cm³/mol. The maximum atomic E-state index is 13.7. The van der Waals surface area contributed by atoms with E-state index in [0.29, 0.717) is 26.3 Å². The molecule has 0 spiro atoms. The molecule has 0 radical (unpaired) electrons. The number of nitrogens with zero attached hydrogens (tertiary/aromatic N) is 1. The van der Waals surface area contributed by atoms with Gasteiger partial charge >= 0.3 is 0 Å². The summed E-state index contributed by atoms with van der Waals surface area (Å²) in [5.74, 6) is 0.411. The highest BCUT2D eigenvalue weighted by atomic mass is 16.5. The fourth-order valence-corrected chi connectivity index (χ4v) is 4.45. The first-order valence-electron chi connectivity index (χ1n) is 9.44. The first kappa shape index (κ1) is 17.3. The molecule has 2 heterocycles. The molecule has 26 heavy (non-hydrogen) atoms. The van der Waals surface area contributed by atoms with E-state index in [-0.39, 0.29) is 17.9 Å². The number of rotatable bonds is 3.